The number of ether oxygens (including phenoxy) is 1. The van der Waals surface area contributed by atoms with Crippen molar-refractivity contribution in [1.29, 1.82) is 0 Å². The van der Waals surface area contributed by atoms with Gasteiger partial charge in [0.15, 0.2) is 0 Å². The van der Waals surface area contributed by atoms with E-state index in [1.165, 1.54) is 0 Å². The monoisotopic (exact) mass is 197 g/mol. The minimum atomic E-state index is -0.181. The predicted molar refractivity (Wildman–Crippen MR) is 55.8 cm³/mol. The molecule has 4 heteroatoms. The second-order valence-corrected chi connectivity index (χ2v) is 4.40. The molecule has 0 saturated heterocycles. The van der Waals surface area contributed by atoms with E-state index in [4.69, 9.17) is 10.5 Å². The minimum Gasteiger partial charge on any atom is -0.367 e. The van der Waals surface area contributed by atoms with Gasteiger partial charge in [-0.3, -0.25) is 4.68 Å². The summed E-state index contributed by atoms with van der Waals surface area (Å²) in [5, 5.41) is 4.10. The van der Waals surface area contributed by atoms with Crippen LogP contribution < -0.4 is 5.73 Å². The van der Waals surface area contributed by atoms with E-state index in [0.29, 0.717) is 6.54 Å². The number of hydrogen-bond donors (Lipinski definition) is 1. The molecule has 2 N–H and O–H groups in total. The van der Waals surface area contributed by atoms with E-state index >= 15 is 0 Å². The van der Waals surface area contributed by atoms with Crippen molar-refractivity contribution in [2.24, 2.45) is 12.8 Å². The zero-order chi connectivity index (χ0) is 10.8. The first kappa shape index (κ1) is 11.2. The lowest BCUT2D eigenvalue weighted by Gasteiger charge is -2.26. The highest BCUT2D eigenvalue weighted by Crippen LogP contribution is 2.22. The first-order valence-electron chi connectivity index (χ1n) is 4.79. The molecular weight excluding hydrogens is 178 g/mol. The van der Waals surface area contributed by atoms with Crippen molar-refractivity contribution in [3.8, 4) is 0 Å². The van der Waals surface area contributed by atoms with Gasteiger partial charge in [-0.05, 0) is 20.8 Å². The van der Waals surface area contributed by atoms with E-state index in [1.54, 1.807) is 10.9 Å². The van der Waals surface area contributed by atoms with E-state index in [2.05, 4.69) is 5.10 Å². The van der Waals surface area contributed by atoms with Gasteiger partial charge in [0.05, 0.1) is 17.9 Å². The zero-order valence-electron chi connectivity index (χ0n) is 9.32. The molecule has 0 aliphatic rings. The number of rotatable bonds is 3. The molecule has 0 aliphatic heterocycles. The summed E-state index contributed by atoms with van der Waals surface area (Å²) in [5.41, 5.74) is 6.51. The van der Waals surface area contributed by atoms with Crippen molar-refractivity contribution in [1.82, 2.24) is 9.78 Å². The van der Waals surface area contributed by atoms with Crippen LogP contribution >= 0.6 is 0 Å². The molecule has 4 nitrogen and oxygen atoms in total. The molecule has 0 radical (unpaired) electrons. The SMILES string of the molecule is Cn1cc(C(CN)OC(C)(C)C)cn1. The second-order valence-electron chi connectivity index (χ2n) is 4.40. The van der Waals surface area contributed by atoms with Crippen LogP contribution in [-0.2, 0) is 11.8 Å². The molecule has 0 saturated carbocycles. The number of hydrogen-bond acceptors (Lipinski definition) is 3. The molecule has 0 spiro atoms. The first-order chi connectivity index (χ1) is 6.42. The molecule has 1 atom stereocenters. The number of nitrogens with two attached hydrogens (primary N) is 1. The lowest BCUT2D eigenvalue weighted by atomic mass is 10.1. The predicted octanol–water partition coefficient (Wildman–Crippen LogP) is 1.23. The molecule has 80 valence electrons. The Kier molecular flexibility index (Phi) is 3.29. The van der Waals surface area contributed by atoms with E-state index < -0.39 is 0 Å². The molecule has 0 aromatic carbocycles. The van der Waals surface area contributed by atoms with Crippen LogP contribution in [-0.4, -0.2) is 21.9 Å². The van der Waals surface area contributed by atoms with E-state index in [-0.39, 0.29) is 11.7 Å². The van der Waals surface area contributed by atoms with Gasteiger partial charge in [0.2, 0.25) is 0 Å². The zero-order valence-corrected chi connectivity index (χ0v) is 9.32. The summed E-state index contributed by atoms with van der Waals surface area (Å²) in [5.74, 6) is 0. The third kappa shape index (κ3) is 3.12. The van der Waals surface area contributed by atoms with Gasteiger partial charge in [-0.2, -0.15) is 5.10 Å². The summed E-state index contributed by atoms with van der Waals surface area (Å²) >= 11 is 0. The standard InChI is InChI=1S/C10H19N3O/c1-10(2,3)14-9(5-11)8-6-12-13(4)7-8/h6-7,9H,5,11H2,1-4H3. The number of aromatic nitrogens is 2. The molecule has 1 aromatic heterocycles. The van der Waals surface area contributed by atoms with Gasteiger partial charge in [0.25, 0.3) is 0 Å². The van der Waals surface area contributed by atoms with Gasteiger partial charge in [-0.1, -0.05) is 0 Å². The Labute approximate surface area is 85.0 Å². The Balaban J connectivity index is 2.72. The maximum absolute atomic E-state index is 5.81. The van der Waals surface area contributed by atoms with E-state index in [9.17, 15) is 0 Å². The topological polar surface area (TPSA) is 53.1 Å². The lowest BCUT2D eigenvalue weighted by Crippen LogP contribution is -2.26. The average molecular weight is 197 g/mol. The van der Waals surface area contributed by atoms with Gasteiger partial charge in [-0.15, -0.1) is 0 Å². The van der Waals surface area contributed by atoms with Crippen LogP contribution in [0.4, 0.5) is 0 Å². The van der Waals surface area contributed by atoms with Crippen molar-refractivity contribution in [3.63, 3.8) is 0 Å². The van der Waals surface area contributed by atoms with Gasteiger partial charge >= 0.3 is 0 Å². The lowest BCUT2D eigenvalue weighted by molar-refractivity contribution is -0.0573. The minimum absolute atomic E-state index is 0.0660. The van der Waals surface area contributed by atoms with Crippen molar-refractivity contribution >= 4 is 0 Å². The maximum atomic E-state index is 5.81. The van der Waals surface area contributed by atoms with Crippen molar-refractivity contribution in [3.05, 3.63) is 18.0 Å². The molecule has 1 aromatic rings. The van der Waals surface area contributed by atoms with Crippen molar-refractivity contribution in [2.75, 3.05) is 6.54 Å². The summed E-state index contributed by atoms with van der Waals surface area (Å²) in [6.07, 6.45) is 3.66. The maximum Gasteiger partial charge on any atom is 0.0984 e. The highest BCUT2D eigenvalue weighted by Gasteiger charge is 2.19. The Morgan fingerprint density at radius 3 is 2.57 bits per heavy atom. The Morgan fingerprint density at radius 2 is 2.21 bits per heavy atom. The Morgan fingerprint density at radius 1 is 1.57 bits per heavy atom. The van der Waals surface area contributed by atoms with E-state index in [1.807, 2.05) is 34.0 Å². The normalized spacial score (nSPS) is 14.4. The molecule has 0 aliphatic carbocycles. The molecule has 1 heterocycles. The van der Waals surface area contributed by atoms with Crippen molar-refractivity contribution < 1.29 is 4.74 Å². The Bertz CT molecular complexity index is 288. The molecular formula is C10H19N3O. The molecule has 0 amide bonds. The van der Waals surface area contributed by atoms with Crippen LogP contribution in [0.1, 0.15) is 32.4 Å². The third-order valence-electron chi connectivity index (χ3n) is 1.81. The quantitative estimate of drug-likeness (QED) is 0.793. The number of nitrogens with zero attached hydrogens (tertiary/aromatic N) is 2. The van der Waals surface area contributed by atoms with Crippen LogP contribution in [0.2, 0.25) is 0 Å². The smallest absolute Gasteiger partial charge is 0.0984 e. The first-order valence-corrected chi connectivity index (χ1v) is 4.79. The summed E-state index contributed by atoms with van der Waals surface area (Å²) in [7, 11) is 1.88. The third-order valence-corrected chi connectivity index (χ3v) is 1.81. The van der Waals surface area contributed by atoms with Gasteiger partial charge in [0, 0.05) is 25.4 Å². The molecule has 14 heavy (non-hydrogen) atoms. The van der Waals surface area contributed by atoms with Crippen LogP contribution in [0.25, 0.3) is 0 Å². The highest BCUT2D eigenvalue weighted by molar-refractivity contribution is 5.08. The molecule has 0 fully saturated rings. The highest BCUT2D eigenvalue weighted by atomic mass is 16.5. The fraction of sp³-hybridized carbons (Fsp3) is 0.700. The summed E-state index contributed by atoms with van der Waals surface area (Å²) in [4.78, 5) is 0. The summed E-state index contributed by atoms with van der Waals surface area (Å²) in [6, 6.07) is 0. The number of aryl methyl sites for hydroxylation is 1. The van der Waals surface area contributed by atoms with Crippen molar-refractivity contribution in [2.45, 2.75) is 32.5 Å². The fourth-order valence-corrected chi connectivity index (χ4v) is 1.29. The van der Waals surface area contributed by atoms with Crippen LogP contribution in [0.5, 0.6) is 0 Å². The molecule has 1 unspecified atom stereocenters. The van der Waals surface area contributed by atoms with Gasteiger partial charge in [-0.25, -0.2) is 0 Å². The van der Waals surface area contributed by atoms with E-state index in [0.717, 1.165) is 5.56 Å². The largest absolute Gasteiger partial charge is 0.367 e. The second kappa shape index (κ2) is 4.11. The Hall–Kier alpha value is -0.870. The molecule has 0 bridgehead atoms. The van der Waals surface area contributed by atoms with Gasteiger partial charge < -0.3 is 10.5 Å². The average Bonchev–Trinajstić information content (AvgIpc) is 2.46. The fourth-order valence-electron chi connectivity index (χ4n) is 1.29. The summed E-state index contributed by atoms with van der Waals surface area (Å²) in [6.45, 7) is 6.53. The molecule has 1 rings (SSSR count). The van der Waals surface area contributed by atoms with Crippen LogP contribution in [0.15, 0.2) is 12.4 Å². The summed E-state index contributed by atoms with van der Waals surface area (Å²) < 4.78 is 7.56. The van der Waals surface area contributed by atoms with Crippen LogP contribution in [0.3, 0.4) is 0 Å². The van der Waals surface area contributed by atoms with Crippen LogP contribution in [0, 0.1) is 0 Å². The van der Waals surface area contributed by atoms with Gasteiger partial charge in [0.1, 0.15) is 0 Å².